The fourth-order valence-corrected chi connectivity index (χ4v) is 4.59. The second-order valence-corrected chi connectivity index (χ2v) is 8.39. The summed E-state index contributed by atoms with van der Waals surface area (Å²) in [6, 6.07) is 9.53. The van der Waals surface area contributed by atoms with Crippen LogP contribution >= 0.6 is 11.6 Å². The Morgan fingerprint density at radius 3 is 2.52 bits per heavy atom. The van der Waals surface area contributed by atoms with Crippen molar-refractivity contribution >= 4 is 38.9 Å². The van der Waals surface area contributed by atoms with E-state index in [0.29, 0.717) is 13.1 Å². The van der Waals surface area contributed by atoms with Gasteiger partial charge in [-0.15, -0.1) is 0 Å². The summed E-state index contributed by atoms with van der Waals surface area (Å²) in [5, 5.41) is 13.8. The van der Waals surface area contributed by atoms with Crippen LogP contribution in [0, 0.1) is 10.1 Å². The van der Waals surface area contributed by atoms with E-state index in [9.17, 15) is 23.3 Å². The second kappa shape index (κ2) is 7.63. The van der Waals surface area contributed by atoms with Crippen LogP contribution in [-0.4, -0.2) is 36.6 Å². The molecule has 8 nitrogen and oxygen atoms in total. The zero-order chi connectivity index (χ0) is 19.6. The van der Waals surface area contributed by atoms with Crippen molar-refractivity contribution in [3.63, 3.8) is 0 Å². The number of amides is 1. The molecule has 1 fully saturated rings. The number of carbonyl (C=O) groups is 1. The average Bonchev–Trinajstić information content (AvgIpc) is 3.17. The normalized spacial score (nSPS) is 14.9. The summed E-state index contributed by atoms with van der Waals surface area (Å²) >= 11 is 5.75. The largest absolute Gasteiger partial charge is 0.322 e. The van der Waals surface area contributed by atoms with Crippen LogP contribution in [0.1, 0.15) is 23.2 Å². The van der Waals surface area contributed by atoms with Crippen molar-refractivity contribution in [2.45, 2.75) is 17.7 Å². The molecule has 0 bridgehead atoms. The number of benzene rings is 2. The third-order valence-corrected chi connectivity index (χ3v) is 6.33. The van der Waals surface area contributed by atoms with Gasteiger partial charge in [0, 0.05) is 29.9 Å². The highest BCUT2D eigenvalue weighted by molar-refractivity contribution is 7.89. The van der Waals surface area contributed by atoms with Gasteiger partial charge in [0.25, 0.3) is 11.6 Å². The van der Waals surface area contributed by atoms with E-state index >= 15 is 0 Å². The summed E-state index contributed by atoms with van der Waals surface area (Å²) in [5.74, 6) is -0.728. The van der Waals surface area contributed by atoms with Gasteiger partial charge in [-0.1, -0.05) is 17.7 Å². The maximum absolute atomic E-state index is 12.6. The van der Waals surface area contributed by atoms with Crippen LogP contribution in [0.3, 0.4) is 0 Å². The molecule has 0 aromatic heterocycles. The van der Waals surface area contributed by atoms with Crippen molar-refractivity contribution in [3.05, 3.63) is 63.2 Å². The van der Waals surface area contributed by atoms with Gasteiger partial charge in [-0.25, -0.2) is 8.42 Å². The molecule has 0 atom stereocenters. The molecule has 0 spiro atoms. The van der Waals surface area contributed by atoms with E-state index in [-0.39, 0.29) is 21.2 Å². The Hall–Kier alpha value is -2.49. The molecule has 1 aliphatic rings. The molecule has 1 saturated heterocycles. The Balaban J connectivity index is 1.87. The van der Waals surface area contributed by atoms with Gasteiger partial charge >= 0.3 is 0 Å². The highest BCUT2D eigenvalue weighted by Gasteiger charge is 2.27. The molecule has 1 heterocycles. The van der Waals surface area contributed by atoms with Crippen molar-refractivity contribution in [2.75, 3.05) is 18.4 Å². The van der Waals surface area contributed by atoms with Gasteiger partial charge in [0.05, 0.1) is 9.82 Å². The zero-order valence-corrected chi connectivity index (χ0v) is 15.7. The van der Waals surface area contributed by atoms with E-state index in [4.69, 9.17) is 11.6 Å². The van der Waals surface area contributed by atoms with Crippen LogP contribution in [-0.2, 0) is 10.0 Å². The molecule has 2 aromatic rings. The van der Waals surface area contributed by atoms with Gasteiger partial charge in [-0.05, 0) is 43.2 Å². The minimum absolute atomic E-state index is 0.0628. The topological polar surface area (TPSA) is 110 Å². The van der Waals surface area contributed by atoms with Crippen molar-refractivity contribution in [3.8, 4) is 0 Å². The number of carbonyl (C=O) groups excluding carboxylic acids is 1. The molecule has 2 aromatic carbocycles. The van der Waals surface area contributed by atoms with Gasteiger partial charge in [0.15, 0.2) is 0 Å². The molecule has 10 heteroatoms. The highest BCUT2D eigenvalue weighted by Crippen LogP contribution is 2.26. The number of hydrogen-bond acceptors (Lipinski definition) is 5. The fraction of sp³-hybridized carbons (Fsp3) is 0.235. The van der Waals surface area contributed by atoms with Crippen LogP contribution in [0.25, 0.3) is 0 Å². The van der Waals surface area contributed by atoms with Crippen LogP contribution in [0.15, 0.2) is 47.4 Å². The lowest BCUT2D eigenvalue weighted by atomic mass is 10.1. The van der Waals surface area contributed by atoms with Crippen LogP contribution < -0.4 is 5.32 Å². The Morgan fingerprint density at radius 1 is 1.15 bits per heavy atom. The number of nitro benzene ring substituents is 1. The first-order chi connectivity index (χ1) is 12.8. The minimum Gasteiger partial charge on any atom is -0.322 e. The molecule has 1 aliphatic heterocycles. The molecule has 142 valence electrons. The van der Waals surface area contributed by atoms with Crippen molar-refractivity contribution in [1.82, 2.24) is 4.31 Å². The van der Waals surface area contributed by atoms with Crippen molar-refractivity contribution in [1.29, 1.82) is 0 Å². The number of nitro groups is 1. The maximum atomic E-state index is 12.6. The summed E-state index contributed by atoms with van der Waals surface area (Å²) in [5.41, 5.74) is -0.373. The minimum atomic E-state index is -3.63. The number of nitrogens with zero attached hydrogens (tertiary/aromatic N) is 2. The van der Waals surface area contributed by atoms with E-state index in [1.165, 1.54) is 40.7 Å². The summed E-state index contributed by atoms with van der Waals surface area (Å²) in [6.45, 7) is 0.936. The molecule has 0 unspecified atom stereocenters. The van der Waals surface area contributed by atoms with Crippen LogP contribution in [0.5, 0.6) is 0 Å². The first-order valence-corrected chi connectivity index (χ1v) is 9.96. The number of halogens is 1. The van der Waals surface area contributed by atoms with E-state index in [0.717, 1.165) is 18.9 Å². The fourth-order valence-electron chi connectivity index (χ4n) is 2.86. The summed E-state index contributed by atoms with van der Waals surface area (Å²) in [4.78, 5) is 23.0. The lowest BCUT2D eigenvalue weighted by Crippen LogP contribution is -2.27. The summed E-state index contributed by atoms with van der Waals surface area (Å²) in [6.07, 6.45) is 1.63. The van der Waals surface area contributed by atoms with Crippen molar-refractivity contribution in [2.24, 2.45) is 0 Å². The quantitative estimate of drug-likeness (QED) is 0.601. The first-order valence-electron chi connectivity index (χ1n) is 8.14. The monoisotopic (exact) mass is 409 g/mol. The van der Waals surface area contributed by atoms with Crippen LogP contribution in [0.2, 0.25) is 5.02 Å². The third-order valence-electron chi connectivity index (χ3n) is 4.20. The molecule has 3 rings (SSSR count). The van der Waals surface area contributed by atoms with Gasteiger partial charge < -0.3 is 5.32 Å². The molecule has 0 radical (unpaired) electrons. The van der Waals surface area contributed by atoms with Crippen molar-refractivity contribution < 1.29 is 18.1 Å². The van der Waals surface area contributed by atoms with E-state index in [1.807, 2.05) is 0 Å². The van der Waals surface area contributed by atoms with Gasteiger partial charge in [-0.3, -0.25) is 14.9 Å². The molecule has 0 aliphatic carbocycles. The van der Waals surface area contributed by atoms with Crippen LogP contribution in [0.4, 0.5) is 11.4 Å². The van der Waals surface area contributed by atoms with Gasteiger partial charge in [0.1, 0.15) is 5.56 Å². The predicted octanol–water partition coefficient (Wildman–Crippen LogP) is 3.29. The molecule has 1 amide bonds. The number of nitrogens with one attached hydrogen (secondary N) is 1. The molecular weight excluding hydrogens is 394 g/mol. The Bertz CT molecular complexity index is 1000. The lowest BCUT2D eigenvalue weighted by molar-refractivity contribution is -0.385. The Labute approximate surface area is 160 Å². The SMILES string of the molecule is O=C(Nc1cccc(S(=O)(=O)N2CCCC2)c1)c1ccc(Cl)cc1[N+](=O)[O-]. The number of rotatable bonds is 5. The molecule has 0 saturated carbocycles. The third kappa shape index (κ3) is 4.10. The summed E-state index contributed by atoms with van der Waals surface area (Å²) < 4.78 is 26.7. The van der Waals surface area contributed by atoms with E-state index in [2.05, 4.69) is 5.32 Å². The highest BCUT2D eigenvalue weighted by atomic mass is 35.5. The average molecular weight is 410 g/mol. The number of hydrogen-bond donors (Lipinski definition) is 1. The first kappa shape index (κ1) is 19.3. The molecule has 1 N–H and O–H groups in total. The van der Waals surface area contributed by atoms with Gasteiger partial charge in [0.2, 0.25) is 10.0 Å². The van der Waals surface area contributed by atoms with E-state index < -0.39 is 26.5 Å². The lowest BCUT2D eigenvalue weighted by Gasteiger charge is -2.16. The number of anilines is 1. The summed E-state index contributed by atoms with van der Waals surface area (Å²) in [7, 11) is -3.63. The van der Waals surface area contributed by atoms with E-state index in [1.54, 1.807) is 0 Å². The Kier molecular flexibility index (Phi) is 5.45. The molecule has 27 heavy (non-hydrogen) atoms. The second-order valence-electron chi connectivity index (χ2n) is 6.01. The molecular formula is C17H16ClN3O5S. The maximum Gasteiger partial charge on any atom is 0.283 e. The van der Waals surface area contributed by atoms with Gasteiger partial charge in [-0.2, -0.15) is 4.31 Å². The smallest absolute Gasteiger partial charge is 0.283 e. The Morgan fingerprint density at radius 2 is 1.85 bits per heavy atom. The standard InChI is InChI=1S/C17H16ClN3O5S/c18-12-6-7-15(16(10-12)21(23)24)17(22)19-13-4-3-5-14(11-13)27(25,26)20-8-1-2-9-20/h3-7,10-11H,1-2,8-9H2,(H,19,22). The number of sulfonamides is 1. The predicted molar refractivity (Wildman–Crippen MR) is 100 cm³/mol. The zero-order valence-electron chi connectivity index (χ0n) is 14.1.